The summed E-state index contributed by atoms with van der Waals surface area (Å²) in [6.45, 7) is 0. The Morgan fingerprint density at radius 3 is 2.52 bits per heavy atom. The summed E-state index contributed by atoms with van der Waals surface area (Å²) in [5, 5.41) is 9.80. The van der Waals surface area contributed by atoms with Crippen molar-refractivity contribution in [3.05, 3.63) is 95.6 Å². The second-order valence-corrected chi connectivity index (χ2v) is 6.76. The lowest BCUT2D eigenvalue weighted by atomic mass is 10.1. The van der Waals surface area contributed by atoms with E-state index in [-0.39, 0.29) is 0 Å². The Balaban J connectivity index is 1.68. The Kier molecular flexibility index (Phi) is 5.59. The van der Waals surface area contributed by atoms with E-state index in [0.29, 0.717) is 5.02 Å². The number of anilines is 1. The summed E-state index contributed by atoms with van der Waals surface area (Å²) in [6, 6.07) is 25.2. The summed E-state index contributed by atoms with van der Waals surface area (Å²) < 4.78 is 7.11. The molecule has 0 radical (unpaired) electrons. The molecule has 0 saturated carbocycles. The Bertz CT molecular complexity index is 1120. The predicted octanol–water partition coefficient (Wildman–Crippen LogP) is 5.65. The molecule has 0 aliphatic heterocycles. The van der Waals surface area contributed by atoms with Gasteiger partial charge in [-0.3, -0.25) is 5.43 Å². The molecule has 0 amide bonds. The maximum atomic E-state index is 6.03. The van der Waals surface area contributed by atoms with Crippen LogP contribution >= 0.6 is 11.6 Å². The number of nitrogens with one attached hydrogen (secondary N) is 1. The predicted molar refractivity (Wildman–Crippen MR) is 118 cm³/mol. The van der Waals surface area contributed by atoms with Crippen LogP contribution in [0.15, 0.2) is 90.2 Å². The van der Waals surface area contributed by atoms with E-state index in [0.717, 1.165) is 33.9 Å². The monoisotopic (exact) mass is 402 g/mol. The lowest BCUT2D eigenvalue weighted by Crippen LogP contribution is -1.94. The van der Waals surface area contributed by atoms with Crippen molar-refractivity contribution in [2.24, 2.45) is 5.10 Å². The zero-order valence-electron chi connectivity index (χ0n) is 15.8. The van der Waals surface area contributed by atoms with Gasteiger partial charge in [-0.15, -0.1) is 0 Å². The van der Waals surface area contributed by atoms with Crippen LogP contribution in [0, 0.1) is 0 Å². The topological polar surface area (TPSA) is 51.4 Å². The molecule has 5 nitrogen and oxygen atoms in total. The van der Waals surface area contributed by atoms with Crippen LogP contribution in [-0.4, -0.2) is 23.1 Å². The SMILES string of the molecule is COc1ccc(-c2nn(-c3ccccc3)cc2/C=N/Nc2cccc(Cl)c2)cc1. The second kappa shape index (κ2) is 8.63. The van der Waals surface area contributed by atoms with Crippen LogP contribution in [0.3, 0.4) is 0 Å². The van der Waals surface area contributed by atoms with Crippen molar-refractivity contribution in [1.82, 2.24) is 9.78 Å². The Labute approximate surface area is 174 Å². The Hall–Kier alpha value is -3.57. The van der Waals surface area contributed by atoms with Crippen molar-refractivity contribution in [2.45, 2.75) is 0 Å². The number of para-hydroxylation sites is 1. The molecule has 0 aliphatic carbocycles. The Morgan fingerprint density at radius 2 is 1.79 bits per heavy atom. The average Bonchev–Trinajstić information content (AvgIpc) is 3.19. The number of hydrazone groups is 1. The lowest BCUT2D eigenvalue weighted by molar-refractivity contribution is 0.415. The molecular weight excluding hydrogens is 384 g/mol. The molecule has 1 heterocycles. The van der Waals surface area contributed by atoms with Gasteiger partial charge in [-0.25, -0.2) is 4.68 Å². The molecule has 0 aliphatic rings. The van der Waals surface area contributed by atoms with Gasteiger partial charge in [0.05, 0.1) is 24.7 Å². The minimum absolute atomic E-state index is 0.654. The summed E-state index contributed by atoms with van der Waals surface area (Å²) >= 11 is 6.03. The van der Waals surface area contributed by atoms with Crippen molar-refractivity contribution < 1.29 is 4.74 Å². The Morgan fingerprint density at radius 1 is 1.00 bits per heavy atom. The molecule has 1 N–H and O–H groups in total. The number of rotatable bonds is 6. The fourth-order valence-corrected chi connectivity index (χ4v) is 3.09. The van der Waals surface area contributed by atoms with Gasteiger partial charge in [0.1, 0.15) is 11.4 Å². The summed E-state index contributed by atoms with van der Waals surface area (Å²) in [4.78, 5) is 0. The van der Waals surface area contributed by atoms with Gasteiger partial charge in [0.25, 0.3) is 0 Å². The second-order valence-electron chi connectivity index (χ2n) is 6.32. The van der Waals surface area contributed by atoms with Crippen LogP contribution < -0.4 is 10.2 Å². The van der Waals surface area contributed by atoms with E-state index < -0.39 is 0 Å². The van der Waals surface area contributed by atoms with E-state index >= 15 is 0 Å². The van der Waals surface area contributed by atoms with Crippen molar-refractivity contribution >= 4 is 23.5 Å². The minimum atomic E-state index is 0.654. The summed E-state index contributed by atoms with van der Waals surface area (Å²) in [5.74, 6) is 0.800. The normalized spacial score (nSPS) is 11.0. The van der Waals surface area contributed by atoms with Crippen molar-refractivity contribution in [3.8, 4) is 22.7 Å². The van der Waals surface area contributed by atoms with E-state index in [9.17, 15) is 0 Å². The fourth-order valence-electron chi connectivity index (χ4n) is 2.90. The van der Waals surface area contributed by atoms with E-state index in [1.54, 1.807) is 13.3 Å². The summed E-state index contributed by atoms with van der Waals surface area (Å²) in [7, 11) is 1.65. The number of benzene rings is 3. The highest BCUT2D eigenvalue weighted by molar-refractivity contribution is 6.30. The first-order valence-electron chi connectivity index (χ1n) is 9.07. The molecule has 4 aromatic rings. The van der Waals surface area contributed by atoms with E-state index in [2.05, 4.69) is 10.5 Å². The zero-order chi connectivity index (χ0) is 20.1. The van der Waals surface area contributed by atoms with Gasteiger partial charge in [-0.1, -0.05) is 35.9 Å². The van der Waals surface area contributed by atoms with Crippen molar-refractivity contribution in [2.75, 3.05) is 12.5 Å². The van der Waals surface area contributed by atoms with E-state index in [1.807, 2.05) is 89.7 Å². The first-order chi connectivity index (χ1) is 14.2. The molecule has 144 valence electrons. The average molecular weight is 403 g/mol. The van der Waals surface area contributed by atoms with Crippen LogP contribution in [-0.2, 0) is 0 Å². The van der Waals surface area contributed by atoms with Gasteiger partial charge < -0.3 is 4.74 Å². The zero-order valence-corrected chi connectivity index (χ0v) is 16.5. The molecule has 6 heteroatoms. The number of ether oxygens (including phenoxy) is 1. The first kappa shape index (κ1) is 18.8. The number of aromatic nitrogens is 2. The third-order valence-electron chi connectivity index (χ3n) is 4.35. The highest BCUT2D eigenvalue weighted by atomic mass is 35.5. The minimum Gasteiger partial charge on any atom is -0.497 e. The van der Waals surface area contributed by atoms with Gasteiger partial charge in [0, 0.05) is 22.3 Å². The molecule has 0 atom stereocenters. The molecule has 3 aromatic carbocycles. The molecule has 29 heavy (non-hydrogen) atoms. The van der Waals surface area contributed by atoms with Crippen LogP contribution in [0.1, 0.15) is 5.56 Å². The molecule has 0 spiro atoms. The molecule has 0 unspecified atom stereocenters. The van der Waals surface area contributed by atoms with Crippen molar-refractivity contribution in [3.63, 3.8) is 0 Å². The summed E-state index contributed by atoms with van der Waals surface area (Å²) in [5.41, 5.74) is 7.49. The van der Waals surface area contributed by atoms with E-state index in [1.165, 1.54) is 0 Å². The number of halogens is 1. The molecule has 0 saturated heterocycles. The van der Waals surface area contributed by atoms with Gasteiger partial charge in [-0.2, -0.15) is 10.2 Å². The lowest BCUT2D eigenvalue weighted by Gasteiger charge is -2.03. The number of nitrogens with zero attached hydrogens (tertiary/aromatic N) is 3. The van der Waals surface area contributed by atoms with Crippen LogP contribution in [0.25, 0.3) is 16.9 Å². The van der Waals surface area contributed by atoms with Crippen LogP contribution in [0.5, 0.6) is 5.75 Å². The highest BCUT2D eigenvalue weighted by Crippen LogP contribution is 2.25. The molecule has 4 rings (SSSR count). The van der Waals surface area contributed by atoms with Crippen molar-refractivity contribution in [1.29, 1.82) is 0 Å². The smallest absolute Gasteiger partial charge is 0.118 e. The van der Waals surface area contributed by atoms with Crippen LogP contribution in [0.2, 0.25) is 5.02 Å². The van der Waals surface area contributed by atoms with Gasteiger partial charge in [-0.05, 0) is 54.6 Å². The summed E-state index contributed by atoms with van der Waals surface area (Å²) in [6.07, 6.45) is 3.71. The largest absolute Gasteiger partial charge is 0.497 e. The first-order valence-corrected chi connectivity index (χ1v) is 9.45. The van der Waals surface area contributed by atoms with Gasteiger partial charge >= 0.3 is 0 Å². The number of hydrogen-bond acceptors (Lipinski definition) is 4. The highest BCUT2D eigenvalue weighted by Gasteiger charge is 2.11. The molecule has 0 fully saturated rings. The quantitative estimate of drug-likeness (QED) is 0.335. The molecule has 0 bridgehead atoms. The van der Waals surface area contributed by atoms with Gasteiger partial charge in [0.15, 0.2) is 0 Å². The maximum absolute atomic E-state index is 6.03. The van der Waals surface area contributed by atoms with E-state index in [4.69, 9.17) is 21.4 Å². The van der Waals surface area contributed by atoms with Gasteiger partial charge in [0.2, 0.25) is 0 Å². The standard InChI is InChI=1S/C23H19ClN4O/c1-29-22-12-10-17(11-13-22)23-18(15-25-26-20-7-5-6-19(24)14-20)16-28(27-23)21-8-3-2-4-9-21/h2-16,26H,1H3/b25-15+. The number of hydrogen-bond donors (Lipinski definition) is 1. The third-order valence-corrected chi connectivity index (χ3v) is 4.58. The molecule has 1 aromatic heterocycles. The molecular formula is C23H19ClN4O. The maximum Gasteiger partial charge on any atom is 0.118 e. The van der Waals surface area contributed by atoms with Crippen LogP contribution in [0.4, 0.5) is 5.69 Å². The third kappa shape index (κ3) is 4.47. The fraction of sp³-hybridized carbons (Fsp3) is 0.0435. The number of methoxy groups -OCH3 is 1.